The molecule has 5 nitrogen and oxygen atoms in total. The number of anilines is 1. The van der Waals surface area contributed by atoms with E-state index in [1.54, 1.807) is 36.4 Å². The number of carbonyl (C=O) groups excluding carboxylic acids is 1. The Balaban J connectivity index is 2.16. The number of amides is 1. The first kappa shape index (κ1) is 16.1. The van der Waals surface area contributed by atoms with Gasteiger partial charge in [0.15, 0.2) is 0 Å². The van der Waals surface area contributed by atoms with Crippen LogP contribution in [-0.4, -0.2) is 17.6 Å². The third-order valence-electron chi connectivity index (χ3n) is 2.97. The van der Waals surface area contributed by atoms with E-state index in [2.05, 4.69) is 5.32 Å². The highest BCUT2D eigenvalue weighted by Crippen LogP contribution is 2.18. The lowest BCUT2D eigenvalue weighted by Crippen LogP contribution is -2.13. The lowest BCUT2D eigenvalue weighted by Gasteiger charge is -2.07. The van der Waals surface area contributed by atoms with Gasteiger partial charge in [0.25, 0.3) is 5.91 Å². The Morgan fingerprint density at radius 3 is 2.70 bits per heavy atom. The fourth-order valence-corrected chi connectivity index (χ4v) is 1.91. The van der Waals surface area contributed by atoms with Gasteiger partial charge in [0.05, 0.1) is 6.61 Å². The van der Waals surface area contributed by atoms with Crippen LogP contribution in [0.1, 0.15) is 12.5 Å². The molecular formula is C18H16N2O3. The van der Waals surface area contributed by atoms with E-state index in [-0.39, 0.29) is 11.3 Å². The highest BCUT2D eigenvalue weighted by Gasteiger charge is 2.10. The number of phenols is 1. The summed E-state index contributed by atoms with van der Waals surface area (Å²) in [5, 5.41) is 21.1. The minimum Gasteiger partial charge on any atom is -0.508 e. The van der Waals surface area contributed by atoms with E-state index in [1.165, 1.54) is 18.2 Å². The number of ether oxygens (including phenoxy) is 1. The maximum atomic E-state index is 12.2. The van der Waals surface area contributed by atoms with Crippen LogP contribution in [0.2, 0.25) is 0 Å². The van der Waals surface area contributed by atoms with Crippen LogP contribution in [0.5, 0.6) is 11.5 Å². The zero-order valence-electron chi connectivity index (χ0n) is 12.6. The molecule has 2 aromatic rings. The Kier molecular flexibility index (Phi) is 5.37. The third-order valence-corrected chi connectivity index (χ3v) is 2.97. The topological polar surface area (TPSA) is 82.3 Å². The first-order valence-corrected chi connectivity index (χ1v) is 7.07. The SMILES string of the molecule is CCOc1cccc(NC(=O)/C(C#N)=C/c2ccc(O)cc2)c1. The van der Waals surface area contributed by atoms with Gasteiger partial charge in [0, 0.05) is 11.8 Å². The van der Waals surface area contributed by atoms with Crippen LogP contribution in [0.25, 0.3) is 6.08 Å². The number of hydrogen-bond donors (Lipinski definition) is 2. The molecule has 0 aliphatic rings. The van der Waals surface area contributed by atoms with Crippen LogP contribution in [0, 0.1) is 11.3 Å². The van der Waals surface area contributed by atoms with Crippen molar-refractivity contribution in [3.63, 3.8) is 0 Å². The molecule has 0 aromatic heterocycles. The molecule has 0 bridgehead atoms. The largest absolute Gasteiger partial charge is 0.508 e. The highest BCUT2D eigenvalue weighted by atomic mass is 16.5. The first-order valence-electron chi connectivity index (χ1n) is 7.07. The van der Waals surface area contributed by atoms with Crippen LogP contribution in [0.15, 0.2) is 54.1 Å². The van der Waals surface area contributed by atoms with Gasteiger partial charge in [-0.15, -0.1) is 0 Å². The number of rotatable bonds is 5. The van der Waals surface area contributed by atoms with Crippen molar-refractivity contribution < 1.29 is 14.6 Å². The summed E-state index contributed by atoms with van der Waals surface area (Å²) < 4.78 is 5.37. The summed E-state index contributed by atoms with van der Waals surface area (Å²) in [4.78, 5) is 12.2. The second-order valence-corrected chi connectivity index (χ2v) is 4.68. The second kappa shape index (κ2) is 7.66. The molecule has 0 unspecified atom stereocenters. The summed E-state index contributed by atoms with van der Waals surface area (Å²) in [5.74, 6) is 0.262. The monoisotopic (exact) mass is 308 g/mol. The van der Waals surface area contributed by atoms with Gasteiger partial charge in [-0.1, -0.05) is 18.2 Å². The Morgan fingerprint density at radius 2 is 2.04 bits per heavy atom. The molecule has 0 saturated carbocycles. The summed E-state index contributed by atoms with van der Waals surface area (Å²) in [5.41, 5.74) is 1.17. The Bertz CT molecular complexity index is 759. The number of phenolic OH excluding ortho intramolecular Hbond substituents is 1. The highest BCUT2D eigenvalue weighted by molar-refractivity contribution is 6.09. The molecule has 0 aliphatic carbocycles. The zero-order chi connectivity index (χ0) is 16.7. The minimum atomic E-state index is -0.505. The number of aromatic hydroxyl groups is 1. The van der Waals surface area contributed by atoms with Gasteiger partial charge in [-0.3, -0.25) is 4.79 Å². The predicted molar refractivity (Wildman–Crippen MR) is 87.9 cm³/mol. The normalized spacial score (nSPS) is 10.7. The molecule has 1 amide bonds. The summed E-state index contributed by atoms with van der Waals surface area (Å²) in [6.45, 7) is 2.40. The fourth-order valence-electron chi connectivity index (χ4n) is 1.91. The summed E-state index contributed by atoms with van der Waals surface area (Å²) in [6, 6.07) is 15.1. The quantitative estimate of drug-likeness (QED) is 0.655. The average molecular weight is 308 g/mol. The van der Waals surface area contributed by atoms with E-state index in [0.717, 1.165) is 0 Å². The van der Waals surface area contributed by atoms with Gasteiger partial charge in [0.1, 0.15) is 23.1 Å². The molecule has 0 aliphatic heterocycles. The van der Waals surface area contributed by atoms with Crippen molar-refractivity contribution in [3.05, 3.63) is 59.7 Å². The van der Waals surface area contributed by atoms with Gasteiger partial charge in [-0.2, -0.15) is 5.26 Å². The molecule has 0 heterocycles. The number of nitriles is 1. The second-order valence-electron chi connectivity index (χ2n) is 4.68. The van der Waals surface area contributed by atoms with Crippen molar-refractivity contribution in [3.8, 4) is 17.6 Å². The van der Waals surface area contributed by atoms with Crippen molar-refractivity contribution in [2.75, 3.05) is 11.9 Å². The third kappa shape index (κ3) is 4.61. The summed E-state index contributed by atoms with van der Waals surface area (Å²) >= 11 is 0. The van der Waals surface area contributed by atoms with Gasteiger partial charge in [-0.05, 0) is 42.8 Å². The summed E-state index contributed by atoms with van der Waals surface area (Å²) in [7, 11) is 0. The van der Waals surface area contributed by atoms with Crippen LogP contribution in [0.3, 0.4) is 0 Å². The first-order chi connectivity index (χ1) is 11.1. The van der Waals surface area contributed by atoms with Gasteiger partial charge in [-0.25, -0.2) is 0 Å². The Labute approximate surface area is 134 Å². The molecule has 0 fully saturated rings. The lowest BCUT2D eigenvalue weighted by atomic mass is 10.1. The Morgan fingerprint density at radius 1 is 1.30 bits per heavy atom. The lowest BCUT2D eigenvalue weighted by molar-refractivity contribution is -0.112. The van der Waals surface area contributed by atoms with Crippen LogP contribution >= 0.6 is 0 Å². The number of benzene rings is 2. The van der Waals surface area contributed by atoms with Crippen molar-refractivity contribution in [1.82, 2.24) is 0 Å². The van der Waals surface area contributed by atoms with Crippen LogP contribution in [-0.2, 0) is 4.79 Å². The molecule has 2 N–H and O–H groups in total. The van der Waals surface area contributed by atoms with Crippen molar-refractivity contribution >= 4 is 17.7 Å². The van der Waals surface area contributed by atoms with E-state index >= 15 is 0 Å². The molecule has 0 radical (unpaired) electrons. The molecule has 0 atom stereocenters. The molecule has 5 heteroatoms. The molecular weight excluding hydrogens is 292 g/mol. The van der Waals surface area contributed by atoms with E-state index in [1.807, 2.05) is 13.0 Å². The number of nitrogens with zero attached hydrogens (tertiary/aromatic N) is 1. The average Bonchev–Trinajstić information content (AvgIpc) is 2.55. The van der Waals surface area contributed by atoms with Crippen molar-refractivity contribution in [1.29, 1.82) is 5.26 Å². The number of carbonyl (C=O) groups is 1. The molecule has 2 rings (SSSR count). The van der Waals surface area contributed by atoms with E-state index in [0.29, 0.717) is 23.6 Å². The van der Waals surface area contributed by atoms with Crippen molar-refractivity contribution in [2.45, 2.75) is 6.92 Å². The molecule has 23 heavy (non-hydrogen) atoms. The zero-order valence-corrected chi connectivity index (χ0v) is 12.6. The fraction of sp³-hybridized carbons (Fsp3) is 0.111. The molecule has 0 saturated heterocycles. The molecule has 116 valence electrons. The number of nitrogens with one attached hydrogen (secondary N) is 1. The van der Waals surface area contributed by atoms with Crippen LogP contribution in [0.4, 0.5) is 5.69 Å². The smallest absolute Gasteiger partial charge is 0.266 e. The van der Waals surface area contributed by atoms with Crippen molar-refractivity contribution in [2.24, 2.45) is 0 Å². The maximum Gasteiger partial charge on any atom is 0.266 e. The standard InChI is InChI=1S/C18H16N2O3/c1-2-23-17-5-3-4-15(11-17)20-18(22)14(12-19)10-13-6-8-16(21)9-7-13/h3-11,21H,2H2,1H3,(H,20,22)/b14-10+. The van der Waals surface area contributed by atoms with E-state index < -0.39 is 5.91 Å². The predicted octanol–water partition coefficient (Wildman–Crippen LogP) is 3.34. The van der Waals surface area contributed by atoms with E-state index in [9.17, 15) is 15.2 Å². The number of hydrogen-bond acceptors (Lipinski definition) is 4. The van der Waals surface area contributed by atoms with Crippen LogP contribution < -0.4 is 10.1 Å². The van der Waals surface area contributed by atoms with Gasteiger partial charge in [0.2, 0.25) is 0 Å². The Hall–Kier alpha value is -3.26. The summed E-state index contributed by atoms with van der Waals surface area (Å²) in [6.07, 6.45) is 1.46. The minimum absolute atomic E-state index is 0.0301. The molecule has 2 aromatic carbocycles. The molecule has 0 spiro atoms. The van der Waals surface area contributed by atoms with E-state index in [4.69, 9.17) is 4.74 Å². The van der Waals surface area contributed by atoms with Gasteiger partial charge < -0.3 is 15.2 Å². The maximum absolute atomic E-state index is 12.2. The van der Waals surface area contributed by atoms with Gasteiger partial charge >= 0.3 is 0 Å².